The Morgan fingerprint density at radius 2 is 2.29 bits per heavy atom. The molecule has 5 nitrogen and oxygen atoms in total. The van der Waals surface area contributed by atoms with Crippen LogP contribution in [0.2, 0.25) is 0 Å². The summed E-state index contributed by atoms with van der Waals surface area (Å²) in [4.78, 5) is 14.0. The van der Waals surface area contributed by atoms with Gasteiger partial charge in [0, 0.05) is 30.1 Å². The molecule has 5 heteroatoms. The number of hydrogen-bond donors (Lipinski definition) is 1. The van der Waals surface area contributed by atoms with Crippen molar-refractivity contribution in [1.29, 1.82) is 0 Å². The van der Waals surface area contributed by atoms with Crippen LogP contribution in [-0.4, -0.2) is 36.3 Å². The fourth-order valence-electron chi connectivity index (χ4n) is 3.00. The number of aliphatic hydroxyl groups excluding tert-OH is 1. The van der Waals surface area contributed by atoms with E-state index in [2.05, 4.69) is 4.90 Å². The predicted molar refractivity (Wildman–Crippen MR) is 79.6 cm³/mol. The lowest BCUT2D eigenvalue weighted by atomic mass is 10.1. The second-order valence-electron chi connectivity index (χ2n) is 5.40. The van der Waals surface area contributed by atoms with Crippen LogP contribution in [0.5, 0.6) is 5.75 Å². The van der Waals surface area contributed by atoms with E-state index in [4.69, 9.17) is 9.15 Å². The summed E-state index contributed by atoms with van der Waals surface area (Å²) in [5.41, 5.74) is 1.12. The third-order valence-electron chi connectivity index (χ3n) is 4.12. The van der Waals surface area contributed by atoms with Gasteiger partial charge in [-0.15, -0.1) is 0 Å². The van der Waals surface area contributed by atoms with E-state index in [0.717, 1.165) is 30.3 Å². The van der Waals surface area contributed by atoms with Gasteiger partial charge in [0.15, 0.2) is 0 Å². The molecule has 112 valence electrons. The summed E-state index contributed by atoms with van der Waals surface area (Å²) in [5.74, 6) is 0.664. The van der Waals surface area contributed by atoms with Crippen LogP contribution in [0.1, 0.15) is 18.4 Å². The van der Waals surface area contributed by atoms with Crippen molar-refractivity contribution in [1.82, 2.24) is 4.90 Å². The molecule has 0 saturated carbocycles. The van der Waals surface area contributed by atoms with Crippen LogP contribution in [0.25, 0.3) is 11.0 Å². The molecule has 0 unspecified atom stereocenters. The summed E-state index contributed by atoms with van der Waals surface area (Å²) < 4.78 is 10.4. The van der Waals surface area contributed by atoms with Crippen molar-refractivity contribution in [3.05, 3.63) is 40.2 Å². The predicted octanol–water partition coefficient (Wildman–Crippen LogP) is 1.76. The lowest BCUT2D eigenvalue weighted by molar-refractivity contribution is 0.154. The molecular weight excluding hydrogens is 270 g/mol. The topological polar surface area (TPSA) is 62.9 Å². The van der Waals surface area contributed by atoms with Crippen molar-refractivity contribution in [2.75, 3.05) is 20.3 Å². The molecule has 1 fully saturated rings. The molecule has 1 atom stereocenters. The first-order valence-corrected chi connectivity index (χ1v) is 7.17. The zero-order valence-electron chi connectivity index (χ0n) is 12.0. The van der Waals surface area contributed by atoms with E-state index in [1.165, 1.54) is 0 Å². The van der Waals surface area contributed by atoms with Crippen molar-refractivity contribution in [2.45, 2.75) is 25.4 Å². The maximum Gasteiger partial charge on any atom is 0.336 e. The Morgan fingerprint density at radius 1 is 1.43 bits per heavy atom. The van der Waals surface area contributed by atoms with Crippen molar-refractivity contribution in [3.8, 4) is 5.75 Å². The Bertz CT molecular complexity index is 694. The Kier molecular flexibility index (Phi) is 3.94. The van der Waals surface area contributed by atoms with E-state index in [1.807, 2.05) is 12.1 Å². The van der Waals surface area contributed by atoms with E-state index in [-0.39, 0.29) is 18.3 Å². The number of benzene rings is 1. The average molecular weight is 289 g/mol. The van der Waals surface area contributed by atoms with Gasteiger partial charge >= 0.3 is 5.63 Å². The van der Waals surface area contributed by atoms with Gasteiger partial charge in [0.25, 0.3) is 0 Å². The van der Waals surface area contributed by atoms with Crippen molar-refractivity contribution < 1.29 is 14.3 Å². The second kappa shape index (κ2) is 5.87. The second-order valence-corrected chi connectivity index (χ2v) is 5.40. The monoisotopic (exact) mass is 289 g/mol. The highest BCUT2D eigenvalue weighted by Crippen LogP contribution is 2.26. The highest BCUT2D eigenvalue weighted by molar-refractivity contribution is 5.81. The molecule has 0 spiro atoms. The van der Waals surface area contributed by atoms with Gasteiger partial charge in [-0.3, -0.25) is 4.90 Å². The minimum Gasteiger partial charge on any atom is -0.497 e. The maximum atomic E-state index is 11.8. The number of likely N-dealkylation sites (tertiary alicyclic amines) is 1. The summed E-state index contributed by atoms with van der Waals surface area (Å²) in [6.07, 6.45) is 2.09. The number of fused-ring (bicyclic) bond motifs is 1. The van der Waals surface area contributed by atoms with E-state index in [1.54, 1.807) is 19.2 Å². The SMILES string of the molecule is COc1ccc2c(CN3CCC[C@@H]3CO)cc(=O)oc2c1. The molecule has 3 rings (SSSR count). The lowest BCUT2D eigenvalue weighted by Gasteiger charge is -2.23. The number of nitrogens with zero attached hydrogens (tertiary/aromatic N) is 1. The van der Waals surface area contributed by atoms with Gasteiger partial charge < -0.3 is 14.3 Å². The Hall–Kier alpha value is -1.85. The summed E-state index contributed by atoms with van der Waals surface area (Å²) in [5, 5.41) is 10.3. The Balaban J connectivity index is 1.99. The molecule has 1 aliphatic heterocycles. The zero-order valence-corrected chi connectivity index (χ0v) is 12.0. The number of hydrogen-bond acceptors (Lipinski definition) is 5. The molecular formula is C16H19NO4. The lowest BCUT2D eigenvalue weighted by Crippen LogP contribution is -2.31. The molecule has 1 aromatic heterocycles. The summed E-state index contributed by atoms with van der Waals surface area (Å²) in [6.45, 7) is 1.76. The molecule has 21 heavy (non-hydrogen) atoms. The van der Waals surface area contributed by atoms with Gasteiger partial charge in [-0.25, -0.2) is 4.79 Å². The zero-order chi connectivity index (χ0) is 14.8. The first kappa shape index (κ1) is 14.1. The first-order valence-electron chi connectivity index (χ1n) is 7.17. The van der Waals surface area contributed by atoms with Gasteiger partial charge in [0.05, 0.1) is 13.7 Å². The molecule has 1 aromatic carbocycles. The Morgan fingerprint density at radius 3 is 3.05 bits per heavy atom. The fraction of sp³-hybridized carbons (Fsp3) is 0.438. The number of rotatable bonds is 4. The fourth-order valence-corrected chi connectivity index (χ4v) is 3.00. The molecule has 1 saturated heterocycles. The van der Waals surface area contributed by atoms with Crippen LogP contribution in [-0.2, 0) is 6.54 Å². The minimum absolute atomic E-state index is 0.160. The summed E-state index contributed by atoms with van der Waals surface area (Å²) in [7, 11) is 1.58. The van der Waals surface area contributed by atoms with Gasteiger partial charge in [-0.1, -0.05) is 0 Å². The smallest absolute Gasteiger partial charge is 0.336 e. The standard InChI is InChI=1S/C16H19NO4/c1-20-13-4-5-14-11(7-16(19)21-15(14)8-13)9-17-6-2-3-12(17)10-18/h4-5,7-8,12,18H,2-3,6,9-10H2,1H3/t12-/m1/s1. The van der Waals surface area contributed by atoms with Crippen LogP contribution in [0.15, 0.2) is 33.5 Å². The average Bonchev–Trinajstić information content (AvgIpc) is 2.93. The third-order valence-corrected chi connectivity index (χ3v) is 4.12. The van der Waals surface area contributed by atoms with Crippen LogP contribution in [0, 0.1) is 0 Å². The van der Waals surface area contributed by atoms with E-state index >= 15 is 0 Å². The molecule has 0 radical (unpaired) electrons. The van der Waals surface area contributed by atoms with E-state index in [0.29, 0.717) is 17.9 Å². The number of aliphatic hydroxyl groups is 1. The summed E-state index contributed by atoms with van der Waals surface area (Å²) >= 11 is 0. The van der Waals surface area contributed by atoms with Crippen molar-refractivity contribution in [2.24, 2.45) is 0 Å². The molecule has 0 amide bonds. The molecule has 0 bridgehead atoms. The molecule has 2 aromatic rings. The van der Waals surface area contributed by atoms with E-state index < -0.39 is 0 Å². The highest BCUT2D eigenvalue weighted by atomic mass is 16.5. The van der Waals surface area contributed by atoms with Gasteiger partial charge in [-0.2, -0.15) is 0 Å². The first-order chi connectivity index (χ1) is 10.2. The molecule has 1 aliphatic rings. The molecule has 0 aliphatic carbocycles. The molecule has 2 heterocycles. The summed E-state index contributed by atoms with van der Waals surface area (Å²) in [6, 6.07) is 7.23. The van der Waals surface area contributed by atoms with Gasteiger partial charge in [-0.05, 0) is 37.1 Å². The van der Waals surface area contributed by atoms with Crippen LogP contribution in [0.4, 0.5) is 0 Å². The van der Waals surface area contributed by atoms with E-state index in [9.17, 15) is 9.90 Å². The van der Waals surface area contributed by atoms with Gasteiger partial charge in [0.2, 0.25) is 0 Å². The highest BCUT2D eigenvalue weighted by Gasteiger charge is 2.24. The number of methoxy groups -OCH3 is 1. The van der Waals surface area contributed by atoms with Crippen LogP contribution < -0.4 is 10.4 Å². The molecule has 1 N–H and O–H groups in total. The van der Waals surface area contributed by atoms with Crippen molar-refractivity contribution >= 4 is 11.0 Å². The minimum atomic E-state index is -0.356. The Labute approximate surface area is 122 Å². The van der Waals surface area contributed by atoms with Crippen LogP contribution >= 0.6 is 0 Å². The largest absolute Gasteiger partial charge is 0.497 e. The normalized spacial score (nSPS) is 19.2. The maximum absolute atomic E-state index is 11.8. The quantitative estimate of drug-likeness (QED) is 0.869. The van der Waals surface area contributed by atoms with Crippen molar-refractivity contribution in [3.63, 3.8) is 0 Å². The third kappa shape index (κ3) is 2.80. The van der Waals surface area contributed by atoms with Gasteiger partial charge in [0.1, 0.15) is 11.3 Å². The van der Waals surface area contributed by atoms with Crippen LogP contribution in [0.3, 0.4) is 0 Å². The number of ether oxygens (including phenoxy) is 1.